The van der Waals surface area contributed by atoms with Crippen molar-refractivity contribution >= 4 is 15.7 Å². The van der Waals surface area contributed by atoms with Gasteiger partial charge in [-0.3, -0.25) is 9.71 Å². The third-order valence-electron chi connectivity index (χ3n) is 7.85. The van der Waals surface area contributed by atoms with E-state index in [-0.39, 0.29) is 16.7 Å². The normalized spacial score (nSPS) is 14.5. The molecule has 13 heteroatoms. The summed E-state index contributed by atoms with van der Waals surface area (Å²) in [5.74, 6) is 0.610. The third kappa shape index (κ3) is 7.68. The number of hydrogen-bond donors (Lipinski definition) is 2. The van der Waals surface area contributed by atoms with Gasteiger partial charge in [0.15, 0.2) is 0 Å². The minimum Gasteiger partial charge on any atom is -0.489 e. The standard InChI is InChI=1S/C33H35N7O5S/c41-33-39(20-5-9-25-6-2-1-3-7-25)36-37-40(33)29-13-11-28(12-14-29)35-46(43,44)31-16-17-32-27(22-31)10-15-30(45-32)24-38(42)21-18-26-8-4-19-34-23-26/h1-4,6-8,11-14,16-17,19,22-23,30,35,42H,5,9-10,15,18,20-21,24H2/t30-/m1/s1. The van der Waals surface area contributed by atoms with Gasteiger partial charge in [-0.25, -0.2) is 13.2 Å². The average Bonchev–Trinajstić information content (AvgIpc) is 3.44. The van der Waals surface area contributed by atoms with Gasteiger partial charge in [0.25, 0.3) is 10.0 Å². The van der Waals surface area contributed by atoms with E-state index >= 15 is 0 Å². The van der Waals surface area contributed by atoms with Crippen molar-refractivity contribution in [3.8, 4) is 11.4 Å². The molecule has 1 atom stereocenters. The maximum atomic E-state index is 13.2. The molecule has 0 saturated carbocycles. The van der Waals surface area contributed by atoms with Crippen LogP contribution >= 0.6 is 0 Å². The molecule has 0 amide bonds. The number of tetrazole rings is 1. The van der Waals surface area contributed by atoms with Crippen LogP contribution in [0.3, 0.4) is 0 Å². The predicted octanol–water partition coefficient (Wildman–Crippen LogP) is 3.89. The maximum Gasteiger partial charge on any atom is 0.368 e. The summed E-state index contributed by atoms with van der Waals surface area (Å²) in [6.07, 6.45) is 6.78. The number of benzene rings is 3. The van der Waals surface area contributed by atoms with Crippen molar-refractivity contribution in [2.45, 2.75) is 49.6 Å². The number of fused-ring (bicyclic) bond motifs is 1. The van der Waals surface area contributed by atoms with Gasteiger partial charge in [-0.15, -0.1) is 0 Å². The lowest BCUT2D eigenvalue weighted by molar-refractivity contribution is -0.110. The number of nitrogens with one attached hydrogen (secondary N) is 1. The number of aromatic nitrogens is 5. The molecule has 0 spiro atoms. The Bertz CT molecular complexity index is 1910. The van der Waals surface area contributed by atoms with Crippen molar-refractivity contribution in [3.63, 3.8) is 0 Å². The number of pyridine rings is 1. The Balaban J connectivity index is 1.03. The van der Waals surface area contributed by atoms with Gasteiger partial charge in [0, 0.05) is 31.2 Å². The number of sulfonamides is 1. The van der Waals surface area contributed by atoms with E-state index < -0.39 is 10.0 Å². The molecule has 0 fully saturated rings. The third-order valence-corrected chi connectivity index (χ3v) is 9.23. The van der Waals surface area contributed by atoms with Crippen LogP contribution in [0.25, 0.3) is 5.69 Å². The topological polar surface area (TPSA) is 144 Å². The number of hydrogen-bond acceptors (Lipinski definition) is 9. The highest BCUT2D eigenvalue weighted by Crippen LogP contribution is 2.31. The van der Waals surface area contributed by atoms with Crippen molar-refractivity contribution in [1.82, 2.24) is 29.8 Å². The second-order valence-corrected chi connectivity index (χ2v) is 12.9. The summed E-state index contributed by atoms with van der Waals surface area (Å²) in [5.41, 5.74) is 3.48. The summed E-state index contributed by atoms with van der Waals surface area (Å²) in [7, 11) is -3.89. The smallest absolute Gasteiger partial charge is 0.368 e. The number of anilines is 1. The lowest BCUT2D eigenvalue weighted by Crippen LogP contribution is -2.36. The molecule has 2 aromatic heterocycles. The Labute approximate surface area is 266 Å². The fourth-order valence-corrected chi connectivity index (χ4v) is 6.50. The fraction of sp³-hybridized carbons (Fsp3) is 0.273. The van der Waals surface area contributed by atoms with Crippen LogP contribution in [0.1, 0.15) is 29.5 Å². The van der Waals surface area contributed by atoms with Crippen LogP contribution in [0.5, 0.6) is 5.75 Å². The van der Waals surface area contributed by atoms with E-state index in [2.05, 4.69) is 20.1 Å². The van der Waals surface area contributed by atoms with Crippen LogP contribution in [0, 0.1) is 0 Å². The van der Waals surface area contributed by atoms with Crippen molar-refractivity contribution in [2.24, 2.45) is 0 Å². The molecule has 2 N–H and O–H groups in total. The Morgan fingerprint density at radius 3 is 2.54 bits per heavy atom. The summed E-state index contributed by atoms with van der Waals surface area (Å²) in [5, 5.41) is 19.6. The molecule has 3 aromatic carbocycles. The Kier molecular flexibility index (Phi) is 9.52. The summed E-state index contributed by atoms with van der Waals surface area (Å²) < 4.78 is 37.6. The second-order valence-electron chi connectivity index (χ2n) is 11.2. The van der Waals surface area contributed by atoms with Gasteiger partial charge in [-0.1, -0.05) is 36.4 Å². The van der Waals surface area contributed by atoms with Gasteiger partial charge in [0.2, 0.25) is 0 Å². The number of hydroxylamine groups is 2. The van der Waals surface area contributed by atoms with Crippen molar-refractivity contribution in [1.29, 1.82) is 0 Å². The van der Waals surface area contributed by atoms with Gasteiger partial charge in [-0.2, -0.15) is 14.4 Å². The summed E-state index contributed by atoms with van der Waals surface area (Å²) in [6.45, 7) is 1.23. The van der Waals surface area contributed by atoms with E-state index in [0.717, 1.165) is 24.0 Å². The number of ether oxygens (including phenoxy) is 1. The highest BCUT2D eigenvalue weighted by atomic mass is 32.2. The van der Waals surface area contributed by atoms with E-state index in [1.165, 1.54) is 26.1 Å². The molecule has 0 radical (unpaired) electrons. The number of aryl methyl sites for hydroxylation is 3. The van der Waals surface area contributed by atoms with Crippen LogP contribution in [-0.2, 0) is 35.8 Å². The molecular weight excluding hydrogens is 606 g/mol. The summed E-state index contributed by atoms with van der Waals surface area (Å²) in [6, 6.07) is 25.0. The lowest BCUT2D eigenvalue weighted by Gasteiger charge is -2.29. The second kappa shape index (κ2) is 14.1. The van der Waals surface area contributed by atoms with Gasteiger partial charge in [0.05, 0.1) is 17.1 Å². The van der Waals surface area contributed by atoms with Gasteiger partial charge in [-0.05, 0) is 108 Å². The van der Waals surface area contributed by atoms with E-state index in [1.807, 2.05) is 42.5 Å². The van der Waals surface area contributed by atoms with Gasteiger partial charge < -0.3 is 9.94 Å². The van der Waals surface area contributed by atoms with Gasteiger partial charge >= 0.3 is 5.69 Å². The lowest BCUT2D eigenvalue weighted by atomic mass is 10.0. The molecule has 0 aliphatic carbocycles. The first-order valence-corrected chi connectivity index (χ1v) is 16.6. The van der Waals surface area contributed by atoms with E-state index in [0.29, 0.717) is 56.0 Å². The zero-order valence-corrected chi connectivity index (χ0v) is 26.0. The first-order chi connectivity index (χ1) is 22.3. The van der Waals surface area contributed by atoms with Crippen LogP contribution in [-0.4, -0.2) is 62.7 Å². The Morgan fingerprint density at radius 1 is 0.957 bits per heavy atom. The molecule has 0 saturated heterocycles. The first-order valence-electron chi connectivity index (χ1n) is 15.2. The van der Waals surface area contributed by atoms with Crippen LogP contribution in [0.2, 0.25) is 0 Å². The molecule has 1 aliphatic heterocycles. The maximum absolute atomic E-state index is 13.2. The number of rotatable bonds is 13. The zero-order chi connectivity index (χ0) is 31.9. The Morgan fingerprint density at radius 2 is 1.76 bits per heavy atom. The molecule has 0 unspecified atom stereocenters. The van der Waals surface area contributed by atoms with Crippen molar-refractivity contribution in [2.75, 3.05) is 17.8 Å². The SMILES string of the molecule is O=c1n(CCCc2ccccc2)nnn1-c1ccc(NS(=O)(=O)c2ccc3c(c2)CC[C@H](CN(O)CCc2cccnc2)O3)cc1. The molecule has 5 aromatic rings. The van der Waals surface area contributed by atoms with E-state index in [1.54, 1.807) is 48.8 Å². The number of nitrogens with zero attached hydrogens (tertiary/aromatic N) is 6. The summed E-state index contributed by atoms with van der Waals surface area (Å²) in [4.78, 5) is 17.1. The molecule has 46 heavy (non-hydrogen) atoms. The molecule has 3 heterocycles. The molecular formula is C33H35N7O5S. The molecule has 6 rings (SSSR count). The van der Waals surface area contributed by atoms with E-state index in [9.17, 15) is 18.4 Å². The summed E-state index contributed by atoms with van der Waals surface area (Å²) >= 11 is 0. The minimum atomic E-state index is -3.89. The Hall–Kier alpha value is -4.85. The van der Waals surface area contributed by atoms with Gasteiger partial charge in [0.1, 0.15) is 11.9 Å². The largest absolute Gasteiger partial charge is 0.489 e. The van der Waals surface area contributed by atoms with Crippen LogP contribution in [0.4, 0.5) is 5.69 Å². The first kappa shape index (κ1) is 31.1. The quantitative estimate of drug-likeness (QED) is 0.183. The minimum absolute atomic E-state index is 0.118. The van der Waals surface area contributed by atoms with E-state index in [4.69, 9.17) is 4.74 Å². The molecule has 12 nitrogen and oxygen atoms in total. The highest BCUT2D eigenvalue weighted by molar-refractivity contribution is 7.92. The van der Waals surface area contributed by atoms with Crippen molar-refractivity contribution < 1.29 is 18.4 Å². The highest BCUT2D eigenvalue weighted by Gasteiger charge is 2.24. The van der Waals surface area contributed by atoms with Crippen LogP contribution in [0.15, 0.2) is 107 Å². The fourth-order valence-electron chi connectivity index (χ4n) is 5.39. The monoisotopic (exact) mass is 641 g/mol. The average molecular weight is 642 g/mol. The predicted molar refractivity (Wildman–Crippen MR) is 172 cm³/mol. The zero-order valence-electron chi connectivity index (χ0n) is 25.1. The molecule has 238 valence electrons. The molecule has 0 bridgehead atoms. The molecule has 1 aliphatic rings. The van der Waals surface area contributed by atoms with Crippen molar-refractivity contribution in [3.05, 3.63) is 124 Å². The van der Waals surface area contributed by atoms with Crippen LogP contribution < -0.4 is 15.1 Å².